The molecule has 34 heavy (non-hydrogen) atoms. The molecule has 1 aromatic rings. The number of amides is 4. The Balaban J connectivity index is 1.25. The molecule has 3 aliphatic heterocycles. The highest BCUT2D eigenvalue weighted by Crippen LogP contribution is 2.31. The average molecular weight is 473 g/mol. The van der Waals surface area contributed by atoms with Gasteiger partial charge in [-0.25, -0.2) is 4.79 Å². The molecule has 2 N–H and O–H groups in total. The average Bonchev–Trinajstić information content (AvgIpc) is 3.13. The van der Waals surface area contributed by atoms with Crippen molar-refractivity contribution in [2.24, 2.45) is 5.92 Å². The molecule has 0 aliphatic carbocycles. The van der Waals surface area contributed by atoms with Crippen LogP contribution in [0.4, 0.5) is 4.79 Å². The highest BCUT2D eigenvalue weighted by Gasteiger charge is 2.38. The van der Waals surface area contributed by atoms with Crippen LogP contribution in [0, 0.1) is 5.92 Å². The first-order chi connectivity index (χ1) is 16.5. The Bertz CT molecular complexity index is 905. The van der Waals surface area contributed by atoms with E-state index in [1.54, 1.807) is 25.3 Å². The van der Waals surface area contributed by atoms with Crippen LogP contribution in [-0.2, 0) is 16.1 Å². The summed E-state index contributed by atoms with van der Waals surface area (Å²) in [6, 6.07) is 4.75. The summed E-state index contributed by atoms with van der Waals surface area (Å²) in [6.07, 6.45) is 6.62. The smallest absolute Gasteiger partial charge is 0.325 e. The van der Waals surface area contributed by atoms with Gasteiger partial charge in [-0.3, -0.25) is 14.5 Å². The summed E-state index contributed by atoms with van der Waals surface area (Å²) in [5, 5.41) is 5.80. The molecule has 3 heterocycles. The van der Waals surface area contributed by atoms with E-state index in [1.807, 2.05) is 0 Å². The van der Waals surface area contributed by atoms with Crippen molar-refractivity contribution in [1.82, 2.24) is 20.4 Å². The number of ether oxygens (including phenoxy) is 2. The van der Waals surface area contributed by atoms with E-state index in [4.69, 9.17) is 9.47 Å². The molecule has 3 fully saturated rings. The highest BCUT2D eigenvalue weighted by atomic mass is 16.5. The summed E-state index contributed by atoms with van der Waals surface area (Å²) in [5.74, 6) is 1.25. The first-order valence-electron chi connectivity index (χ1n) is 12.3. The quantitative estimate of drug-likeness (QED) is 0.535. The number of carbonyl (C=O) groups excluding carboxylic acids is 3. The number of nitrogens with zero attached hydrogens (tertiary/aromatic N) is 2. The van der Waals surface area contributed by atoms with Gasteiger partial charge in [0.25, 0.3) is 5.91 Å². The van der Waals surface area contributed by atoms with Crippen LogP contribution in [0.2, 0.25) is 0 Å². The first-order valence-corrected chi connectivity index (χ1v) is 12.3. The maximum atomic E-state index is 12.8. The fourth-order valence-electron chi connectivity index (χ4n) is 5.51. The Labute approximate surface area is 201 Å². The van der Waals surface area contributed by atoms with Crippen molar-refractivity contribution >= 4 is 17.8 Å². The molecular formula is C25H36N4O5. The number of piperidine rings is 2. The van der Waals surface area contributed by atoms with E-state index in [0.29, 0.717) is 36.4 Å². The number of hydrogen-bond donors (Lipinski definition) is 2. The third-order valence-electron chi connectivity index (χ3n) is 7.35. The zero-order valence-electron chi connectivity index (χ0n) is 20.2. The SMILES string of the molecule is COc1ccc(CN2C(=O)N[C@H](CCC(=O)NC[C@@H]3CCCN4CCCC[C@H]34)C2=O)cc1OC. The molecule has 9 heteroatoms. The van der Waals surface area contributed by atoms with Gasteiger partial charge in [0.15, 0.2) is 11.5 Å². The molecule has 4 rings (SSSR count). The van der Waals surface area contributed by atoms with Gasteiger partial charge >= 0.3 is 6.03 Å². The maximum Gasteiger partial charge on any atom is 0.325 e. The van der Waals surface area contributed by atoms with Gasteiger partial charge in [0.05, 0.1) is 20.8 Å². The van der Waals surface area contributed by atoms with Crippen LogP contribution >= 0.6 is 0 Å². The number of hydrogen-bond acceptors (Lipinski definition) is 6. The number of benzene rings is 1. The molecule has 0 bridgehead atoms. The molecular weight excluding hydrogens is 436 g/mol. The van der Waals surface area contributed by atoms with Crippen LogP contribution < -0.4 is 20.1 Å². The highest BCUT2D eigenvalue weighted by molar-refractivity contribution is 6.04. The molecule has 0 aromatic heterocycles. The van der Waals surface area contributed by atoms with Gasteiger partial charge in [0.1, 0.15) is 6.04 Å². The second-order valence-electron chi connectivity index (χ2n) is 9.46. The van der Waals surface area contributed by atoms with Gasteiger partial charge in [-0.1, -0.05) is 12.5 Å². The fourth-order valence-corrected chi connectivity index (χ4v) is 5.51. The summed E-state index contributed by atoms with van der Waals surface area (Å²) < 4.78 is 10.5. The van der Waals surface area contributed by atoms with Gasteiger partial charge in [0, 0.05) is 19.0 Å². The topological polar surface area (TPSA) is 100 Å². The Morgan fingerprint density at radius 3 is 2.68 bits per heavy atom. The lowest BCUT2D eigenvalue weighted by Gasteiger charge is -2.44. The Morgan fingerprint density at radius 2 is 1.88 bits per heavy atom. The monoisotopic (exact) mass is 472 g/mol. The number of nitrogens with one attached hydrogen (secondary N) is 2. The molecule has 0 saturated carbocycles. The zero-order chi connectivity index (χ0) is 24.1. The summed E-state index contributed by atoms with van der Waals surface area (Å²) in [7, 11) is 3.09. The van der Waals surface area contributed by atoms with Crippen LogP contribution in [0.15, 0.2) is 18.2 Å². The van der Waals surface area contributed by atoms with Crippen molar-refractivity contribution in [3.8, 4) is 11.5 Å². The second-order valence-corrected chi connectivity index (χ2v) is 9.46. The molecule has 3 atom stereocenters. The number of urea groups is 1. The number of rotatable bonds is 9. The molecule has 186 valence electrons. The minimum absolute atomic E-state index is 0.0617. The molecule has 0 unspecified atom stereocenters. The standard InChI is InChI=1S/C25H36N4O5/c1-33-21-10-8-17(14-22(21)34-2)16-29-24(31)19(27-25(29)32)9-11-23(30)26-15-18-6-5-13-28-12-4-3-7-20(18)28/h8,10,14,18-20H,3-7,9,11-13,15-16H2,1-2H3,(H,26,30)(H,27,32)/t18-,19+,20+/m0/s1. The maximum absolute atomic E-state index is 12.8. The predicted octanol–water partition coefficient (Wildman–Crippen LogP) is 2.29. The van der Waals surface area contributed by atoms with E-state index in [9.17, 15) is 14.4 Å². The molecule has 0 spiro atoms. The van der Waals surface area contributed by atoms with Crippen LogP contribution in [0.1, 0.15) is 50.5 Å². The van der Waals surface area contributed by atoms with E-state index >= 15 is 0 Å². The molecule has 9 nitrogen and oxygen atoms in total. The normalized spacial score (nSPS) is 25.0. The van der Waals surface area contributed by atoms with Crippen molar-refractivity contribution in [3.63, 3.8) is 0 Å². The third-order valence-corrected chi connectivity index (χ3v) is 7.35. The number of fused-ring (bicyclic) bond motifs is 1. The number of methoxy groups -OCH3 is 2. The minimum Gasteiger partial charge on any atom is -0.493 e. The molecule has 3 aliphatic rings. The van der Waals surface area contributed by atoms with E-state index in [-0.39, 0.29) is 24.8 Å². The Kier molecular flexibility index (Phi) is 7.92. The van der Waals surface area contributed by atoms with Gasteiger partial charge in [-0.15, -0.1) is 0 Å². The lowest BCUT2D eigenvalue weighted by molar-refractivity contribution is -0.128. The van der Waals surface area contributed by atoms with Crippen LogP contribution in [0.3, 0.4) is 0 Å². The van der Waals surface area contributed by atoms with Crippen molar-refractivity contribution in [2.45, 2.75) is 63.6 Å². The Hall–Kier alpha value is -2.81. The molecule has 1 aromatic carbocycles. The predicted molar refractivity (Wildman–Crippen MR) is 127 cm³/mol. The number of imide groups is 1. The second kappa shape index (κ2) is 11.1. The minimum atomic E-state index is -0.679. The van der Waals surface area contributed by atoms with E-state index < -0.39 is 12.1 Å². The fraction of sp³-hybridized carbons (Fsp3) is 0.640. The lowest BCUT2D eigenvalue weighted by Crippen LogP contribution is -2.51. The number of carbonyl (C=O) groups is 3. The van der Waals surface area contributed by atoms with Crippen molar-refractivity contribution < 1.29 is 23.9 Å². The molecule has 0 radical (unpaired) electrons. The third kappa shape index (κ3) is 5.46. The van der Waals surface area contributed by atoms with Crippen LogP contribution in [0.5, 0.6) is 11.5 Å². The van der Waals surface area contributed by atoms with Gasteiger partial charge < -0.3 is 25.0 Å². The lowest BCUT2D eigenvalue weighted by atomic mass is 9.83. The Morgan fingerprint density at radius 1 is 1.09 bits per heavy atom. The van der Waals surface area contributed by atoms with Crippen LogP contribution in [-0.4, -0.2) is 73.6 Å². The zero-order valence-corrected chi connectivity index (χ0v) is 20.2. The largest absolute Gasteiger partial charge is 0.493 e. The molecule has 4 amide bonds. The summed E-state index contributed by atoms with van der Waals surface area (Å²) in [4.78, 5) is 41.5. The van der Waals surface area contributed by atoms with Gasteiger partial charge in [-0.2, -0.15) is 0 Å². The summed E-state index contributed by atoms with van der Waals surface area (Å²) >= 11 is 0. The van der Waals surface area contributed by atoms with Crippen molar-refractivity contribution in [2.75, 3.05) is 33.9 Å². The van der Waals surface area contributed by atoms with Gasteiger partial charge in [-0.05, 0) is 68.8 Å². The van der Waals surface area contributed by atoms with Crippen molar-refractivity contribution in [3.05, 3.63) is 23.8 Å². The van der Waals surface area contributed by atoms with Crippen molar-refractivity contribution in [1.29, 1.82) is 0 Å². The van der Waals surface area contributed by atoms with E-state index in [1.165, 1.54) is 50.8 Å². The molecule has 3 saturated heterocycles. The summed E-state index contributed by atoms with van der Waals surface area (Å²) in [6.45, 7) is 3.18. The van der Waals surface area contributed by atoms with E-state index in [0.717, 1.165) is 12.0 Å². The summed E-state index contributed by atoms with van der Waals surface area (Å²) in [5.41, 5.74) is 0.754. The first kappa shape index (κ1) is 24.3. The van der Waals surface area contributed by atoms with Gasteiger partial charge in [0.2, 0.25) is 5.91 Å². The van der Waals surface area contributed by atoms with Crippen LogP contribution in [0.25, 0.3) is 0 Å². The van der Waals surface area contributed by atoms with E-state index in [2.05, 4.69) is 15.5 Å².